The summed E-state index contributed by atoms with van der Waals surface area (Å²) < 4.78 is 24.9. The van der Waals surface area contributed by atoms with E-state index in [4.69, 9.17) is 5.11 Å². The van der Waals surface area contributed by atoms with Gasteiger partial charge in [0, 0.05) is 5.41 Å². The number of unbranched alkanes of at least 4 members (excludes halogenated alkanes) is 17. The van der Waals surface area contributed by atoms with Crippen molar-refractivity contribution in [2.45, 2.75) is 122 Å². The molecule has 6 heteroatoms. The standard InChI is InChI=1S/C23H45NO4S/c1-2-3-4-5-6-7-8-9-10-11-12-13-14-15-16-17-18-19-20-21-29(27,28)24-22-23(25)26/h20-21,24H,2-19,22H2,1H3,(H,25,26)/b21-20+. The lowest BCUT2D eigenvalue weighted by atomic mass is 10.0. The molecule has 0 fully saturated rings. The van der Waals surface area contributed by atoms with Crippen LogP contribution in [-0.2, 0) is 14.8 Å². The first-order valence-electron chi connectivity index (χ1n) is 11.9. The molecule has 0 aliphatic carbocycles. The normalized spacial score (nSPS) is 12.0. The first-order chi connectivity index (χ1) is 14.0. The van der Waals surface area contributed by atoms with E-state index < -0.39 is 22.5 Å². The Bertz CT molecular complexity index is 503. The van der Waals surface area contributed by atoms with Gasteiger partial charge in [-0.25, -0.2) is 13.1 Å². The van der Waals surface area contributed by atoms with Crippen molar-refractivity contribution in [1.82, 2.24) is 4.72 Å². The van der Waals surface area contributed by atoms with Gasteiger partial charge >= 0.3 is 5.97 Å². The monoisotopic (exact) mass is 431 g/mol. The zero-order chi connectivity index (χ0) is 21.6. The van der Waals surface area contributed by atoms with E-state index in [1.54, 1.807) is 6.08 Å². The highest BCUT2D eigenvalue weighted by atomic mass is 32.2. The summed E-state index contributed by atoms with van der Waals surface area (Å²) in [5, 5.41) is 9.53. The summed E-state index contributed by atoms with van der Waals surface area (Å²) in [6, 6.07) is 0. The number of carboxylic acids is 1. The highest BCUT2D eigenvalue weighted by molar-refractivity contribution is 7.92. The summed E-state index contributed by atoms with van der Waals surface area (Å²) in [7, 11) is -3.61. The smallest absolute Gasteiger partial charge is 0.318 e. The van der Waals surface area contributed by atoms with Crippen LogP contribution in [0.25, 0.3) is 0 Å². The number of aliphatic carboxylic acids is 1. The van der Waals surface area contributed by atoms with Crippen LogP contribution in [0.3, 0.4) is 0 Å². The van der Waals surface area contributed by atoms with Gasteiger partial charge in [-0.05, 0) is 12.8 Å². The van der Waals surface area contributed by atoms with Gasteiger partial charge in [0.15, 0.2) is 0 Å². The zero-order valence-electron chi connectivity index (χ0n) is 18.7. The SMILES string of the molecule is CCCCCCCCCCCCCCCCCCC/C=C/S(=O)(=O)NCC(=O)O. The summed E-state index contributed by atoms with van der Waals surface area (Å²) in [4.78, 5) is 10.3. The van der Waals surface area contributed by atoms with E-state index in [0.29, 0.717) is 6.42 Å². The lowest BCUT2D eigenvalue weighted by Gasteiger charge is -2.03. The van der Waals surface area contributed by atoms with Crippen LogP contribution in [0.15, 0.2) is 11.5 Å². The first kappa shape index (κ1) is 28.1. The molecular formula is C23H45NO4S. The third kappa shape index (κ3) is 23.3. The van der Waals surface area contributed by atoms with Crippen LogP contribution in [0.2, 0.25) is 0 Å². The minimum absolute atomic E-state index is 0.578. The quantitative estimate of drug-likeness (QED) is 0.190. The molecule has 0 aromatic heterocycles. The second-order valence-electron chi connectivity index (χ2n) is 8.08. The van der Waals surface area contributed by atoms with Crippen molar-refractivity contribution < 1.29 is 18.3 Å². The van der Waals surface area contributed by atoms with E-state index in [-0.39, 0.29) is 0 Å². The van der Waals surface area contributed by atoms with Crippen molar-refractivity contribution >= 4 is 16.0 Å². The Morgan fingerprint density at radius 3 is 1.48 bits per heavy atom. The molecule has 0 heterocycles. The summed E-state index contributed by atoms with van der Waals surface area (Å²) in [5.41, 5.74) is 0. The summed E-state index contributed by atoms with van der Waals surface area (Å²) in [6.07, 6.45) is 24.9. The van der Waals surface area contributed by atoms with Crippen LogP contribution >= 0.6 is 0 Å². The van der Waals surface area contributed by atoms with Crippen molar-refractivity contribution in [3.63, 3.8) is 0 Å². The minimum atomic E-state index is -3.61. The molecule has 0 aromatic rings. The average Bonchev–Trinajstić information content (AvgIpc) is 2.68. The summed E-state index contributed by atoms with van der Waals surface area (Å²) in [5.74, 6) is -1.19. The molecule has 0 atom stereocenters. The Balaban J connectivity index is 3.28. The Labute approximate surface area is 179 Å². The van der Waals surface area contributed by atoms with Crippen molar-refractivity contribution in [1.29, 1.82) is 0 Å². The van der Waals surface area contributed by atoms with Gasteiger partial charge in [-0.15, -0.1) is 0 Å². The van der Waals surface area contributed by atoms with Gasteiger partial charge in [0.1, 0.15) is 6.54 Å². The molecule has 0 aromatic carbocycles. The van der Waals surface area contributed by atoms with Crippen molar-refractivity contribution in [2.24, 2.45) is 0 Å². The largest absolute Gasteiger partial charge is 0.480 e. The van der Waals surface area contributed by atoms with Gasteiger partial charge in [0.25, 0.3) is 0 Å². The second-order valence-corrected chi connectivity index (χ2v) is 9.73. The van der Waals surface area contributed by atoms with E-state index >= 15 is 0 Å². The predicted molar refractivity (Wildman–Crippen MR) is 122 cm³/mol. The maximum absolute atomic E-state index is 11.5. The van der Waals surface area contributed by atoms with Crippen LogP contribution < -0.4 is 4.72 Å². The summed E-state index contributed by atoms with van der Waals surface area (Å²) in [6.45, 7) is 1.69. The number of sulfonamides is 1. The Morgan fingerprint density at radius 2 is 1.10 bits per heavy atom. The summed E-state index contributed by atoms with van der Waals surface area (Å²) >= 11 is 0. The third-order valence-corrected chi connectivity index (χ3v) is 6.27. The van der Waals surface area contributed by atoms with Gasteiger partial charge in [-0.1, -0.05) is 116 Å². The van der Waals surface area contributed by atoms with Crippen LogP contribution in [0.5, 0.6) is 0 Å². The number of carboxylic acid groups (broad SMARTS) is 1. The maximum atomic E-state index is 11.5. The van der Waals surface area contributed by atoms with Crippen LogP contribution in [0.1, 0.15) is 122 Å². The molecule has 0 bridgehead atoms. The molecule has 2 N–H and O–H groups in total. The number of carbonyl (C=O) groups is 1. The fraction of sp³-hybridized carbons (Fsp3) is 0.870. The third-order valence-electron chi connectivity index (χ3n) is 5.17. The van der Waals surface area contributed by atoms with Crippen molar-refractivity contribution in [3.8, 4) is 0 Å². The molecule has 0 aliphatic heterocycles. The van der Waals surface area contributed by atoms with Gasteiger partial charge < -0.3 is 5.11 Å². The molecule has 0 radical (unpaired) electrons. The highest BCUT2D eigenvalue weighted by Gasteiger charge is 2.06. The molecule has 5 nitrogen and oxygen atoms in total. The minimum Gasteiger partial charge on any atom is -0.480 e. The molecule has 0 unspecified atom stereocenters. The zero-order valence-corrected chi connectivity index (χ0v) is 19.5. The molecule has 0 saturated heterocycles. The Kier molecular flexibility index (Phi) is 19.8. The number of hydrogen-bond donors (Lipinski definition) is 2. The fourth-order valence-corrected chi connectivity index (χ4v) is 4.20. The molecule has 0 rings (SSSR count). The first-order valence-corrected chi connectivity index (χ1v) is 13.4. The Morgan fingerprint density at radius 1 is 0.724 bits per heavy atom. The molecule has 0 saturated carbocycles. The molecule has 0 aliphatic rings. The van der Waals surface area contributed by atoms with E-state index in [9.17, 15) is 13.2 Å². The van der Waals surface area contributed by atoms with Crippen LogP contribution in [0.4, 0.5) is 0 Å². The van der Waals surface area contributed by atoms with Gasteiger partial charge in [0.05, 0.1) is 0 Å². The average molecular weight is 432 g/mol. The number of nitrogens with one attached hydrogen (secondary N) is 1. The van der Waals surface area contributed by atoms with E-state index in [0.717, 1.165) is 18.2 Å². The van der Waals surface area contributed by atoms with Crippen molar-refractivity contribution in [3.05, 3.63) is 11.5 Å². The van der Waals surface area contributed by atoms with E-state index in [1.807, 2.05) is 4.72 Å². The molecule has 172 valence electrons. The molecular weight excluding hydrogens is 386 g/mol. The Hall–Kier alpha value is -0.880. The van der Waals surface area contributed by atoms with Crippen molar-refractivity contribution in [2.75, 3.05) is 6.54 Å². The molecule has 29 heavy (non-hydrogen) atoms. The highest BCUT2D eigenvalue weighted by Crippen LogP contribution is 2.14. The van der Waals surface area contributed by atoms with E-state index in [2.05, 4.69) is 6.92 Å². The topological polar surface area (TPSA) is 83.5 Å². The van der Waals surface area contributed by atoms with Gasteiger partial charge in [-0.2, -0.15) is 0 Å². The van der Waals surface area contributed by atoms with Crippen LogP contribution in [-0.4, -0.2) is 26.0 Å². The van der Waals surface area contributed by atoms with Gasteiger partial charge in [0.2, 0.25) is 10.0 Å². The predicted octanol–water partition coefficient (Wildman–Crippen LogP) is 6.55. The fourth-order valence-electron chi connectivity index (χ4n) is 3.39. The molecule has 0 amide bonds. The number of hydrogen-bond acceptors (Lipinski definition) is 3. The maximum Gasteiger partial charge on any atom is 0.318 e. The lowest BCUT2D eigenvalue weighted by Crippen LogP contribution is -2.27. The second kappa shape index (κ2) is 20.4. The number of allylic oxidation sites excluding steroid dienone is 1. The van der Waals surface area contributed by atoms with Gasteiger partial charge in [-0.3, -0.25) is 4.79 Å². The number of rotatable bonds is 22. The van der Waals surface area contributed by atoms with E-state index in [1.165, 1.54) is 96.3 Å². The molecule has 0 spiro atoms. The van der Waals surface area contributed by atoms with Crippen LogP contribution in [0, 0.1) is 0 Å². The lowest BCUT2D eigenvalue weighted by molar-refractivity contribution is -0.135.